The van der Waals surface area contributed by atoms with Crippen LogP contribution in [0, 0.1) is 5.82 Å². The summed E-state index contributed by atoms with van der Waals surface area (Å²) in [5, 5.41) is 0. The van der Waals surface area contributed by atoms with Gasteiger partial charge >= 0.3 is 0 Å². The van der Waals surface area contributed by atoms with Crippen LogP contribution in [0.25, 0.3) is 11.1 Å². The number of hydrogen-bond donors (Lipinski definition) is 1. The summed E-state index contributed by atoms with van der Waals surface area (Å²) in [6, 6.07) is 13.8. The van der Waals surface area contributed by atoms with Crippen molar-refractivity contribution in [3.8, 4) is 16.9 Å². The van der Waals surface area contributed by atoms with Gasteiger partial charge in [-0.2, -0.15) is 0 Å². The van der Waals surface area contributed by atoms with E-state index in [9.17, 15) is 9.18 Å². The molecule has 1 aliphatic rings. The molecule has 7 heteroatoms. The molecule has 31 heavy (non-hydrogen) atoms. The Bertz CT molecular complexity index is 1050. The summed E-state index contributed by atoms with van der Waals surface area (Å²) in [4.78, 5) is 23.7. The molecule has 4 rings (SSSR count). The topological polar surface area (TPSA) is 81.3 Å². The van der Waals surface area contributed by atoms with Crippen molar-refractivity contribution in [2.45, 2.75) is 31.7 Å². The van der Waals surface area contributed by atoms with E-state index in [0.29, 0.717) is 19.4 Å². The van der Waals surface area contributed by atoms with Crippen molar-refractivity contribution in [1.82, 2.24) is 14.9 Å². The van der Waals surface area contributed by atoms with Gasteiger partial charge in [0, 0.05) is 24.7 Å². The molecular formula is C24H25FN4O2. The Morgan fingerprint density at radius 1 is 1.19 bits per heavy atom. The molecule has 1 aliphatic heterocycles. The van der Waals surface area contributed by atoms with Gasteiger partial charge in [-0.15, -0.1) is 0 Å². The van der Waals surface area contributed by atoms with Gasteiger partial charge in [-0.05, 0) is 54.7 Å². The van der Waals surface area contributed by atoms with Crippen LogP contribution >= 0.6 is 0 Å². The number of anilines is 1. The van der Waals surface area contributed by atoms with Crippen molar-refractivity contribution in [3.05, 3.63) is 71.8 Å². The zero-order valence-corrected chi connectivity index (χ0v) is 17.4. The lowest BCUT2D eigenvalue weighted by Crippen LogP contribution is -2.31. The maximum Gasteiger partial charge on any atom is 0.223 e. The maximum atomic E-state index is 13.1. The first-order valence-electron chi connectivity index (χ1n) is 10.4. The molecule has 6 nitrogen and oxygen atoms in total. The predicted octanol–water partition coefficient (Wildman–Crippen LogP) is 4.17. The first-order valence-corrected chi connectivity index (χ1v) is 10.4. The van der Waals surface area contributed by atoms with E-state index in [0.717, 1.165) is 41.0 Å². The molecule has 160 valence electrons. The van der Waals surface area contributed by atoms with Crippen LogP contribution in [-0.2, 0) is 11.2 Å². The Morgan fingerprint density at radius 2 is 1.94 bits per heavy atom. The van der Waals surface area contributed by atoms with E-state index in [-0.39, 0.29) is 23.7 Å². The Kier molecular flexibility index (Phi) is 6.11. The number of likely N-dealkylation sites (tertiary alicyclic amines) is 1. The normalized spacial score (nSPS) is 15.8. The van der Waals surface area contributed by atoms with Crippen LogP contribution in [0.5, 0.6) is 5.75 Å². The summed E-state index contributed by atoms with van der Waals surface area (Å²) in [5.41, 5.74) is 9.43. The number of aryl methyl sites for hydroxylation is 1. The van der Waals surface area contributed by atoms with Gasteiger partial charge in [-0.3, -0.25) is 4.79 Å². The summed E-state index contributed by atoms with van der Waals surface area (Å²) in [6.07, 6.45) is 4.37. The van der Waals surface area contributed by atoms with Crippen LogP contribution in [0.4, 0.5) is 10.3 Å². The van der Waals surface area contributed by atoms with Gasteiger partial charge in [0.2, 0.25) is 11.9 Å². The molecule has 0 radical (unpaired) electrons. The molecule has 0 aliphatic carbocycles. The average molecular weight is 420 g/mol. The molecule has 3 aromatic rings. The molecule has 2 heterocycles. The largest absolute Gasteiger partial charge is 0.497 e. The Labute approximate surface area is 180 Å². The Morgan fingerprint density at radius 3 is 2.65 bits per heavy atom. The van der Waals surface area contributed by atoms with Crippen molar-refractivity contribution < 1.29 is 13.9 Å². The van der Waals surface area contributed by atoms with E-state index < -0.39 is 0 Å². The number of nitrogens with zero attached hydrogens (tertiary/aromatic N) is 3. The zero-order valence-electron chi connectivity index (χ0n) is 17.4. The highest BCUT2D eigenvalue weighted by molar-refractivity contribution is 5.78. The van der Waals surface area contributed by atoms with Gasteiger partial charge in [0.05, 0.1) is 18.8 Å². The lowest BCUT2D eigenvalue weighted by Gasteiger charge is -2.26. The van der Waals surface area contributed by atoms with E-state index in [1.807, 2.05) is 29.2 Å². The molecule has 2 N–H and O–H groups in total. The van der Waals surface area contributed by atoms with E-state index >= 15 is 0 Å². The molecule has 1 amide bonds. The van der Waals surface area contributed by atoms with Gasteiger partial charge in [0.1, 0.15) is 11.6 Å². The summed E-state index contributed by atoms with van der Waals surface area (Å²) in [6.45, 7) is 0.679. The summed E-state index contributed by atoms with van der Waals surface area (Å²) in [5.74, 6) is 0.741. The molecular weight excluding hydrogens is 395 g/mol. The first-order chi connectivity index (χ1) is 15.0. The van der Waals surface area contributed by atoms with Gasteiger partial charge in [0.25, 0.3) is 0 Å². The highest BCUT2D eigenvalue weighted by Crippen LogP contribution is 2.37. The number of methoxy groups -OCH3 is 1. The minimum Gasteiger partial charge on any atom is -0.497 e. The Hall–Kier alpha value is -3.48. The molecule has 0 spiro atoms. The smallest absolute Gasteiger partial charge is 0.223 e. The standard InChI is InChI=1S/C24H25FN4O2/c1-31-19-11-7-17(8-12-19)20-15-27-24(26)28-23(20)21-3-2-14-29(21)22(30)13-6-16-4-9-18(25)10-5-16/h4-5,7-12,15,21H,2-3,6,13-14H2,1H3,(H2,26,27,28)/t21-/m1/s1. The number of nitrogens with two attached hydrogens (primary N) is 1. The fraction of sp³-hybridized carbons (Fsp3) is 0.292. The van der Waals surface area contributed by atoms with E-state index in [4.69, 9.17) is 10.5 Å². The minimum atomic E-state index is -0.276. The fourth-order valence-electron chi connectivity index (χ4n) is 4.05. The van der Waals surface area contributed by atoms with Gasteiger partial charge in [-0.25, -0.2) is 14.4 Å². The molecule has 0 bridgehead atoms. The molecule has 1 aromatic heterocycles. The van der Waals surface area contributed by atoms with Crippen LogP contribution in [0.2, 0.25) is 0 Å². The zero-order chi connectivity index (χ0) is 21.8. The van der Waals surface area contributed by atoms with Crippen molar-refractivity contribution in [2.24, 2.45) is 0 Å². The van der Waals surface area contributed by atoms with E-state index in [2.05, 4.69) is 9.97 Å². The maximum absolute atomic E-state index is 13.1. The number of amides is 1. The van der Waals surface area contributed by atoms with Crippen LogP contribution in [-0.4, -0.2) is 34.4 Å². The highest BCUT2D eigenvalue weighted by atomic mass is 19.1. The summed E-state index contributed by atoms with van der Waals surface area (Å²) in [7, 11) is 1.63. The van der Waals surface area contributed by atoms with Gasteiger partial charge in [0.15, 0.2) is 0 Å². The molecule has 1 atom stereocenters. The van der Waals surface area contributed by atoms with Crippen LogP contribution in [0.1, 0.15) is 36.6 Å². The number of carbonyl (C=O) groups excluding carboxylic acids is 1. The number of nitrogen functional groups attached to an aromatic ring is 1. The number of halogens is 1. The third-order valence-electron chi connectivity index (χ3n) is 5.67. The fourth-order valence-corrected chi connectivity index (χ4v) is 4.05. The second-order valence-electron chi connectivity index (χ2n) is 7.63. The number of rotatable bonds is 6. The van der Waals surface area contributed by atoms with Crippen LogP contribution < -0.4 is 10.5 Å². The molecule has 1 saturated heterocycles. The first kappa shape index (κ1) is 20.8. The van der Waals surface area contributed by atoms with Gasteiger partial charge < -0.3 is 15.4 Å². The monoisotopic (exact) mass is 420 g/mol. The Balaban J connectivity index is 1.56. The number of aromatic nitrogens is 2. The van der Waals surface area contributed by atoms with Gasteiger partial charge in [-0.1, -0.05) is 24.3 Å². The van der Waals surface area contributed by atoms with Crippen molar-refractivity contribution >= 4 is 11.9 Å². The predicted molar refractivity (Wildman–Crippen MR) is 117 cm³/mol. The van der Waals surface area contributed by atoms with Crippen LogP contribution in [0.15, 0.2) is 54.7 Å². The second kappa shape index (κ2) is 9.12. The third-order valence-corrected chi connectivity index (χ3v) is 5.67. The number of benzene rings is 2. The number of hydrogen-bond acceptors (Lipinski definition) is 5. The van der Waals surface area contributed by atoms with E-state index in [1.165, 1.54) is 12.1 Å². The second-order valence-corrected chi connectivity index (χ2v) is 7.63. The van der Waals surface area contributed by atoms with Crippen molar-refractivity contribution in [3.63, 3.8) is 0 Å². The highest BCUT2D eigenvalue weighted by Gasteiger charge is 2.32. The average Bonchev–Trinajstić information content (AvgIpc) is 3.28. The minimum absolute atomic E-state index is 0.0599. The van der Waals surface area contributed by atoms with Crippen molar-refractivity contribution in [1.29, 1.82) is 0 Å². The molecule has 0 saturated carbocycles. The van der Waals surface area contributed by atoms with E-state index in [1.54, 1.807) is 25.4 Å². The molecule has 0 unspecified atom stereocenters. The van der Waals surface area contributed by atoms with Crippen LogP contribution in [0.3, 0.4) is 0 Å². The summed E-state index contributed by atoms with van der Waals surface area (Å²) < 4.78 is 18.4. The number of carbonyl (C=O) groups is 1. The lowest BCUT2D eigenvalue weighted by molar-refractivity contribution is -0.132. The lowest BCUT2D eigenvalue weighted by atomic mass is 9.99. The summed E-state index contributed by atoms with van der Waals surface area (Å²) >= 11 is 0. The molecule has 2 aromatic carbocycles. The quantitative estimate of drug-likeness (QED) is 0.647. The molecule has 1 fully saturated rings. The number of ether oxygens (including phenoxy) is 1. The third kappa shape index (κ3) is 4.66. The SMILES string of the molecule is COc1ccc(-c2cnc(N)nc2[C@H]2CCCN2C(=O)CCc2ccc(F)cc2)cc1. The van der Waals surface area contributed by atoms with Crippen molar-refractivity contribution in [2.75, 3.05) is 19.4 Å².